The van der Waals surface area contributed by atoms with E-state index < -0.39 is 18.9 Å². The van der Waals surface area contributed by atoms with Crippen LogP contribution in [0.4, 0.5) is 14.9 Å². The molecule has 1 unspecified atom stereocenters. The minimum atomic E-state index is -1.04. The van der Waals surface area contributed by atoms with Crippen molar-refractivity contribution in [2.45, 2.75) is 6.10 Å². The summed E-state index contributed by atoms with van der Waals surface area (Å²) in [6.07, 6.45) is -2.00. The van der Waals surface area contributed by atoms with Gasteiger partial charge in [-0.1, -0.05) is 18.2 Å². The first-order valence-corrected chi connectivity index (χ1v) is 4.98. The molecule has 1 atom stereocenters. The second kappa shape index (κ2) is 8.94. The molecule has 0 spiro atoms. The van der Waals surface area contributed by atoms with Crippen molar-refractivity contribution in [1.82, 2.24) is 0 Å². The summed E-state index contributed by atoms with van der Waals surface area (Å²) in [4.78, 5) is 10.1. The van der Waals surface area contributed by atoms with Crippen LogP contribution < -0.4 is 5.32 Å². The highest BCUT2D eigenvalue weighted by Gasteiger charge is 1.96. The van der Waals surface area contributed by atoms with Crippen LogP contribution in [-0.2, 0) is 0 Å². The molecule has 90 valence electrons. The summed E-state index contributed by atoms with van der Waals surface area (Å²) in [5.41, 5.74) is 0.593. The van der Waals surface area contributed by atoms with Crippen molar-refractivity contribution in [3.8, 4) is 0 Å². The Balaban J connectivity index is 0.000000325. The number of para-hydroxylation sites is 1. The summed E-state index contributed by atoms with van der Waals surface area (Å²) in [6.45, 7) is -0.747. The van der Waals surface area contributed by atoms with Crippen molar-refractivity contribution in [3.63, 3.8) is 0 Å². The van der Waals surface area contributed by atoms with Crippen LogP contribution in [0, 0.1) is 0 Å². The van der Waals surface area contributed by atoms with Crippen molar-refractivity contribution in [2.24, 2.45) is 0 Å². The van der Waals surface area contributed by atoms with E-state index in [0.29, 0.717) is 5.69 Å². The Labute approximate surface area is 97.7 Å². The third-order valence-corrected chi connectivity index (χ3v) is 1.74. The van der Waals surface area contributed by atoms with E-state index in [2.05, 4.69) is 5.32 Å². The largest absolute Gasteiger partial charge is 0.465 e. The van der Waals surface area contributed by atoms with E-state index in [9.17, 15) is 9.18 Å². The number of hydrogen-bond donors (Lipinski definition) is 3. The Morgan fingerprint density at radius 2 is 2.00 bits per heavy atom. The van der Waals surface area contributed by atoms with Crippen LogP contribution >= 0.6 is 11.6 Å². The number of anilines is 1. The molecule has 0 heterocycles. The molecule has 3 N–H and O–H groups in total. The van der Waals surface area contributed by atoms with Gasteiger partial charge in [0.05, 0.1) is 12.0 Å². The van der Waals surface area contributed by atoms with E-state index in [1.165, 1.54) is 0 Å². The third-order valence-electron chi connectivity index (χ3n) is 1.38. The number of carbonyl (C=O) groups is 1. The average molecular weight is 250 g/mol. The minimum Gasteiger partial charge on any atom is -0.465 e. The number of benzene rings is 1. The zero-order valence-electron chi connectivity index (χ0n) is 8.44. The van der Waals surface area contributed by atoms with Crippen LogP contribution in [-0.4, -0.2) is 35.0 Å². The molecule has 1 amide bonds. The van der Waals surface area contributed by atoms with Gasteiger partial charge < -0.3 is 10.2 Å². The lowest BCUT2D eigenvalue weighted by Gasteiger charge is -1.96. The summed E-state index contributed by atoms with van der Waals surface area (Å²) < 4.78 is 11.1. The monoisotopic (exact) mass is 249 g/mol. The van der Waals surface area contributed by atoms with E-state index in [1.54, 1.807) is 24.3 Å². The quantitative estimate of drug-likeness (QED) is 0.720. The second-order valence-electron chi connectivity index (χ2n) is 2.76. The highest BCUT2D eigenvalue weighted by atomic mass is 35.5. The highest BCUT2D eigenvalue weighted by Crippen LogP contribution is 2.03. The Morgan fingerprint density at radius 3 is 2.31 bits per heavy atom. The smallest absolute Gasteiger partial charge is 0.409 e. The van der Waals surface area contributed by atoms with E-state index >= 15 is 0 Å². The van der Waals surface area contributed by atoms with Gasteiger partial charge in [0.1, 0.15) is 6.67 Å². The minimum absolute atomic E-state index is 0.0174. The average Bonchev–Trinajstić information content (AvgIpc) is 2.29. The molecular weight excluding hydrogens is 237 g/mol. The molecule has 4 nitrogen and oxygen atoms in total. The van der Waals surface area contributed by atoms with E-state index in [-0.39, 0.29) is 5.88 Å². The maximum atomic E-state index is 11.1. The number of halogens is 2. The van der Waals surface area contributed by atoms with Crippen LogP contribution in [0.3, 0.4) is 0 Å². The number of hydrogen-bond acceptors (Lipinski definition) is 2. The normalized spacial score (nSPS) is 10.9. The van der Waals surface area contributed by atoms with E-state index in [1.807, 2.05) is 6.07 Å². The van der Waals surface area contributed by atoms with Crippen molar-refractivity contribution >= 4 is 23.4 Å². The van der Waals surface area contributed by atoms with Crippen LogP contribution in [0.1, 0.15) is 0 Å². The van der Waals surface area contributed by atoms with Crippen molar-refractivity contribution in [2.75, 3.05) is 17.9 Å². The van der Waals surface area contributed by atoms with Gasteiger partial charge in [-0.3, -0.25) is 5.32 Å². The first kappa shape index (κ1) is 14.7. The van der Waals surface area contributed by atoms with Gasteiger partial charge in [-0.05, 0) is 12.1 Å². The van der Waals surface area contributed by atoms with Gasteiger partial charge in [0.25, 0.3) is 0 Å². The third kappa shape index (κ3) is 8.02. The molecule has 16 heavy (non-hydrogen) atoms. The molecule has 0 aliphatic carbocycles. The summed E-state index contributed by atoms with van der Waals surface area (Å²) in [6, 6.07) is 8.74. The van der Waals surface area contributed by atoms with Gasteiger partial charge in [0, 0.05) is 5.69 Å². The molecule has 0 saturated heterocycles. The van der Waals surface area contributed by atoms with Gasteiger partial charge in [-0.15, -0.1) is 11.6 Å². The lowest BCUT2D eigenvalue weighted by atomic mass is 10.3. The molecule has 0 aliphatic rings. The summed E-state index contributed by atoms with van der Waals surface area (Å²) >= 11 is 4.96. The Morgan fingerprint density at radius 1 is 1.44 bits per heavy atom. The second-order valence-corrected chi connectivity index (χ2v) is 3.07. The predicted molar refractivity (Wildman–Crippen MR) is 60.8 cm³/mol. The van der Waals surface area contributed by atoms with E-state index in [4.69, 9.17) is 21.8 Å². The first-order valence-electron chi connectivity index (χ1n) is 4.45. The lowest BCUT2D eigenvalue weighted by molar-refractivity contribution is 0.161. The fraction of sp³-hybridized carbons (Fsp3) is 0.300. The predicted octanol–water partition coefficient (Wildman–Crippen LogP) is 2.33. The van der Waals surface area contributed by atoms with Crippen LogP contribution in [0.15, 0.2) is 30.3 Å². The molecule has 6 heteroatoms. The zero-order valence-corrected chi connectivity index (χ0v) is 9.19. The van der Waals surface area contributed by atoms with Gasteiger partial charge >= 0.3 is 6.09 Å². The molecule has 0 fully saturated rings. The van der Waals surface area contributed by atoms with Crippen LogP contribution in [0.5, 0.6) is 0 Å². The standard InChI is InChI=1S/C7H7NO2.C3H6ClFO/c9-7(10)8-6-4-2-1-3-5-6;4-1-3(6)2-5/h1-5,8H,(H,9,10);3,6H,1-2H2. The van der Waals surface area contributed by atoms with Crippen LogP contribution in [0.25, 0.3) is 0 Å². The molecule has 0 bridgehead atoms. The summed E-state index contributed by atoms with van der Waals surface area (Å²) in [5, 5.41) is 18.6. The Bertz CT molecular complexity index is 293. The number of carboxylic acid groups (broad SMARTS) is 1. The van der Waals surface area contributed by atoms with Gasteiger partial charge in [0.15, 0.2) is 0 Å². The molecule has 1 aromatic carbocycles. The molecule has 1 aromatic rings. The number of nitrogens with one attached hydrogen (secondary N) is 1. The number of aliphatic hydroxyl groups is 1. The number of amides is 1. The Hall–Kier alpha value is -1.33. The van der Waals surface area contributed by atoms with Gasteiger partial charge in [-0.25, -0.2) is 9.18 Å². The molecule has 0 aliphatic heterocycles. The van der Waals surface area contributed by atoms with E-state index in [0.717, 1.165) is 0 Å². The summed E-state index contributed by atoms with van der Waals surface area (Å²) in [7, 11) is 0. The fourth-order valence-corrected chi connectivity index (χ4v) is 0.769. The molecule has 0 saturated carbocycles. The van der Waals surface area contributed by atoms with Crippen molar-refractivity contribution < 1.29 is 19.4 Å². The van der Waals surface area contributed by atoms with Gasteiger partial charge in [-0.2, -0.15) is 0 Å². The first-order chi connectivity index (χ1) is 7.60. The molecular formula is C10H13ClFNO3. The number of aliphatic hydroxyl groups excluding tert-OH is 1. The highest BCUT2D eigenvalue weighted by molar-refractivity contribution is 6.18. The number of rotatable bonds is 3. The van der Waals surface area contributed by atoms with Crippen molar-refractivity contribution in [1.29, 1.82) is 0 Å². The maximum absolute atomic E-state index is 11.1. The zero-order chi connectivity index (χ0) is 12.4. The molecule has 0 aromatic heterocycles. The Kier molecular flexibility index (Phi) is 8.19. The SMILES string of the molecule is O=C(O)Nc1ccccc1.OC(CF)CCl. The molecule has 0 radical (unpaired) electrons. The van der Waals surface area contributed by atoms with Gasteiger partial charge in [0.2, 0.25) is 0 Å². The van der Waals surface area contributed by atoms with Crippen molar-refractivity contribution in [3.05, 3.63) is 30.3 Å². The van der Waals surface area contributed by atoms with Crippen LogP contribution in [0.2, 0.25) is 0 Å². The molecule has 1 rings (SSSR count). The number of alkyl halides is 2. The summed E-state index contributed by atoms with van der Waals surface area (Å²) in [5.74, 6) is -0.0174. The maximum Gasteiger partial charge on any atom is 0.409 e. The topological polar surface area (TPSA) is 69.6 Å². The lowest BCUT2D eigenvalue weighted by Crippen LogP contribution is -2.09. The fourth-order valence-electron chi connectivity index (χ4n) is 0.686.